The second-order valence-corrected chi connectivity index (χ2v) is 7.72. The van der Waals surface area contributed by atoms with Crippen LogP contribution in [0, 0.1) is 11.3 Å². The van der Waals surface area contributed by atoms with Gasteiger partial charge in [-0.05, 0) is 47.4 Å². The van der Waals surface area contributed by atoms with Crippen LogP contribution >= 0.6 is 0 Å². The van der Waals surface area contributed by atoms with Gasteiger partial charge in [-0.2, -0.15) is 0 Å². The van der Waals surface area contributed by atoms with Crippen molar-refractivity contribution in [3.63, 3.8) is 0 Å². The topological polar surface area (TPSA) is 164 Å². The van der Waals surface area contributed by atoms with Gasteiger partial charge >= 0.3 is 0 Å². The lowest BCUT2D eigenvalue weighted by molar-refractivity contribution is 0.806. The number of rotatable bonds is 8. The molecule has 0 amide bonds. The molecule has 0 aliphatic carbocycles. The summed E-state index contributed by atoms with van der Waals surface area (Å²) >= 11 is 0. The first kappa shape index (κ1) is 23.3. The molecule has 170 valence electrons. The molecular formula is C24H29N9. The molecule has 1 aromatic heterocycles. The lowest BCUT2D eigenvalue weighted by Crippen LogP contribution is -2.27. The van der Waals surface area contributed by atoms with E-state index < -0.39 is 0 Å². The number of pyridine rings is 1. The van der Waals surface area contributed by atoms with Crippen LogP contribution in [0.2, 0.25) is 0 Å². The molecule has 3 heterocycles. The zero-order valence-electron chi connectivity index (χ0n) is 18.7. The van der Waals surface area contributed by atoms with Crippen LogP contribution < -0.4 is 27.8 Å². The van der Waals surface area contributed by atoms with Gasteiger partial charge in [0.25, 0.3) is 0 Å². The molecule has 1 aromatic rings. The van der Waals surface area contributed by atoms with Crippen LogP contribution in [0.15, 0.2) is 99.0 Å². The summed E-state index contributed by atoms with van der Waals surface area (Å²) in [6.45, 7) is 4.47. The monoisotopic (exact) mass is 443 g/mol. The van der Waals surface area contributed by atoms with E-state index in [9.17, 15) is 0 Å². The van der Waals surface area contributed by atoms with Gasteiger partial charge in [-0.3, -0.25) is 4.99 Å². The molecule has 9 nitrogen and oxygen atoms in total. The van der Waals surface area contributed by atoms with E-state index in [1.165, 1.54) is 12.4 Å². The van der Waals surface area contributed by atoms with E-state index in [1.54, 1.807) is 24.6 Å². The standard InChI is InChI=1S/C24H29N9/c1-15(2)17(9-25)8-23(28)33-24-6-4-20-21(32-24)7-18(14-30-20)19(10-26)13-29-11-16-3-5-22(27)31-12-16/h3-10,12-15,25,30,32H,11,26H2,1-2H3,(H2,27,31)(H2,28,33). The number of aromatic nitrogens is 1. The van der Waals surface area contributed by atoms with E-state index in [0.717, 1.165) is 33.7 Å². The number of hydrogen-bond acceptors (Lipinski definition) is 8. The number of nitrogen functional groups attached to an aromatic ring is 1. The van der Waals surface area contributed by atoms with E-state index in [0.29, 0.717) is 24.0 Å². The largest absolute Gasteiger partial charge is 0.404 e. The molecule has 0 fully saturated rings. The summed E-state index contributed by atoms with van der Waals surface area (Å²) in [6.07, 6.45) is 15.5. The third kappa shape index (κ3) is 6.30. The summed E-state index contributed by atoms with van der Waals surface area (Å²) in [4.78, 5) is 13.0. The Balaban J connectivity index is 1.71. The molecule has 2 aliphatic rings. The minimum Gasteiger partial charge on any atom is -0.404 e. The normalized spacial score (nSPS) is 16.9. The molecule has 0 spiro atoms. The lowest BCUT2D eigenvalue weighted by atomic mass is 10.0. The first-order valence-corrected chi connectivity index (χ1v) is 10.5. The van der Waals surface area contributed by atoms with Gasteiger partial charge < -0.3 is 33.2 Å². The SMILES string of the molecule is CC(C)C(C=N)=CC(N)=NC1=CC=C2NC=C(C(C=NCc3ccc(N)nc3)=CN)C=C2N1. The minimum absolute atomic E-state index is 0.188. The van der Waals surface area contributed by atoms with Gasteiger partial charge in [-0.25, -0.2) is 9.98 Å². The number of hydrogen-bond donors (Lipinski definition) is 6. The number of aliphatic imine (C=N–C) groups is 2. The number of nitrogens with zero attached hydrogens (tertiary/aromatic N) is 3. The van der Waals surface area contributed by atoms with Crippen LogP contribution in [0.4, 0.5) is 5.82 Å². The quantitative estimate of drug-likeness (QED) is 0.267. The highest BCUT2D eigenvalue weighted by molar-refractivity contribution is 5.97. The van der Waals surface area contributed by atoms with Crippen LogP contribution in [0.3, 0.4) is 0 Å². The molecule has 0 atom stereocenters. The van der Waals surface area contributed by atoms with Crippen molar-refractivity contribution in [3.8, 4) is 0 Å². The summed E-state index contributed by atoms with van der Waals surface area (Å²) in [5, 5.41) is 14.0. The summed E-state index contributed by atoms with van der Waals surface area (Å²) < 4.78 is 0. The number of dihydropyridines is 2. The summed E-state index contributed by atoms with van der Waals surface area (Å²) in [6, 6.07) is 3.63. The Morgan fingerprint density at radius 1 is 1.24 bits per heavy atom. The van der Waals surface area contributed by atoms with Crippen LogP contribution in [0.5, 0.6) is 0 Å². The highest BCUT2D eigenvalue weighted by atomic mass is 15.1. The Hall–Kier alpha value is -4.40. The average molecular weight is 444 g/mol. The van der Waals surface area contributed by atoms with E-state index in [-0.39, 0.29) is 5.92 Å². The Kier molecular flexibility index (Phi) is 7.59. The Morgan fingerprint density at radius 2 is 2.06 bits per heavy atom. The molecule has 3 rings (SSSR count). The van der Waals surface area contributed by atoms with Gasteiger partial charge in [0.2, 0.25) is 0 Å². The maximum Gasteiger partial charge on any atom is 0.132 e. The van der Waals surface area contributed by atoms with E-state index >= 15 is 0 Å². The summed E-state index contributed by atoms with van der Waals surface area (Å²) in [5.74, 6) is 1.58. The maximum absolute atomic E-state index is 7.51. The second-order valence-electron chi connectivity index (χ2n) is 7.72. The first-order valence-electron chi connectivity index (χ1n) is 10.5. The maximum atomic E-state index is 7.51. The minimum atomic E-state index is 0.188. The first-order chi connectivity index (χ1) is 15.9. The van der Waals surface area contributed by atoms with Crippen LogP contribution in [-0.4, -0.2) is 23.2 Å². The number of nitrogens with two attached hydrogens (primary N) is 3. The van der Waals surface area contributed by atoms with E-state index in [4.69, 9.17) is 22.6 Å². The zero-order valence-corrected chi connectivity index (χ0v) is 18.7. The second kappa shape index (κ2) is 10.8. The van der Waals surface area contributed by atoms with Crippen molar-refractivity contribution in [2.24, 2.45) is 27.4 Å². The molecule has 0 bridgehead atoms. The van der Waals surface area contributed by atoms with Crippen molar-refractivity contribution in [1.82, 2.24) is 15.6 Å². The highest BCUT2D eigenvalue weighted by Crippen LogP contribution is 2.22. The predicted octanol–water partition coefficient (Wildman–Crippen LogP) is 2.37. The van der Waals surface area contributed by atoms with Crippen LogP contribution in [-0.2, 0) is 6.54 Å². The molecular weight excluding hydrogens is 414 g/mol. The number of fused-ring (bicyclic) bond motifs is 1. The third-order valence-electron chi connectivity index (χ3n) is 4.91. The fourth-order valence-corrected chi connectivity index (χ4v) is 3.03. The van der Waals surface area contributed by atoms with Gasteiger partial charge in [-0.1, -0.05) is 19.9 Å². The van der Waals surface area contributed by atoms with E-state index in [2.05, 4.69) is 25.6 Å². The van der Waals surface area contributed by atoms with Crippen molar-refractivity contribution >= 4 is 24.1 Å². The number of anilines is 1. The molecule has 0 aromatic carbocycles. The molecule has 33 heavy (non-hydrogen) atoms. The van der Waals surface area contributed by atoms with Crippen molar-refractivity contribution in [3.05, 3.63) is 94.5 Å². The molecule has 9 N–H and O–H groups in total. The number of nitrogens with one attached hydrogen (secondary N) is 3. The predicted molar refractivity (Wildman–Crippen MR) is 135 cm³/mol. The fraction of sp³-hybridized carbons (Fsp3) is 0.167. The van der Waals surface area contributed by atoms with Crippen molar-refractivity contribution in [1.29, 1.82) is 5.41 Å². The lowest BCUT2D eigenvalue weighted by Gasteiger charge is -2.23. The van der Waals surface area contributed by atoms with Gasteiger partial charge in [-0.15, -0.1) is 0 Å². The van der Waals surface area contributed by atoms with Crippen molar-refractivity contribution in [2.45, 2.75) is 20.4 Å². The molecule has 9 heteroatoms. The van der Waals surface area contributed by atoms with E-state index in [1.807, 2.05) is 44.3 Å². The van der Waals surface area contributed by atoms with Gasteiger partial charge in [0.05, 0.1) is 17.9 Å². The fourth-order valence-electron chi connectivity index (χ4n) is 3.03. The van der Waals surface area contributed by atoms with Crippen molar-refractivity contribution in [2.75, 3.05) is 5.73 Å². The Bertz CT molecular complexity index is 1140. The van der Waals surface area contributed by atoms with Crippen molar-refractivity contribution < 1.29 is 0 Å². The molecule has 0 unspecified atom stereocenters. The van der Waals surface area contributed by atoms with Gasteiger partial charge in [0, 0.05) is 42.2 Å². The zero-order chi connectivity index (χ0) is 23.8. The molecule has 0 saturated carbocycles. The Morgan fingerprint density at radius 3 is 2.73 bits per heavy atom. The van der Waals surface area contributed by atoms with Gasteiger partial charge in [0.1, 0.15) is 17.5 Å². The smallest absolute Gasteiger partial charge is 0.132 e. The summed E-state index contributed by atoms with van der Waals surface area (Å²) in [7, 11) is 0. The number of amidine groups is 1. The Labute approximate surface area is 193 Å². The number of allylic oxidation sites excluding steroid dienone is 6. The highest BCUT2D eigenvalue weighted by Gasteiger charge is 2.16. The summed E-state index contributed by atoms with van der Waals surface area (Å²) in [5.41, 5.74) is 22.6. The third-order valence-corrected chi connectivity index (χ3v) is 4.91. The van der Waals surface area contributed by atoms with Gasteiger partial charge in [0.15, 0.2) is 0 Å². The van der Waals surface area contributed by atoms with Crippen LogP contribution in [0.25, 0.3) is 0 Å². The molecule has 0 saturated heterocycles. The van der Waals surface area contributed by atoms with Crippen LogP contribution in [0.1, 0.15) is 19.4 Å². The molecule has 2 aliphatic heterocycles. The average Bonchev–Trinajstić information content (AvgIpc) is 2.81. The molecule has 0 radical (unpaired) electrons.